The molecule has 3 heterocycles. The van der Waals surface area contributed by atoms with Gasteiger partial charge in [0.05, 0.1) is 6.20 Å². The van der Waals surface area contributed by atoms with E-state index in [2.05, 4.69) is 20.7 Å². The van der Waals surface area contributed by atoms with Crippen LogP contribution >= 0.6 is 11.3 Å². The van der Waals surface area contributed by atoms with Gasteiger partial charge in [0.15, 0.2) is 5.13 Å². The lowest BCUT2D eigenvalue weighted by molar-refractivity contribution is -0.127. The Bertz CT molecular complexity index is 725. The molecule has 0 spiro atoms. The van der Waals surface area contributed by atoms with Gasteiger partial charge in [0.1, 0.15) is 11.5 Å². The number of amides is 2. The minimum Gasteiger partial charge on any atom is -0.351 e. The van der Waals surface area contributed by atoms with Crippen LogP contribution in [-0.4, -0.2) is 51.1 Å². The summed E-state index contributed by atoms with van der Waals surface area (Å²) in [5.41, 5.74) is 0.391. The van der Waals surface area contributed by atoms with Gasteiger partial charge in [-0.25, -0.2) is 4.98 Å². The molecular weight excluding hydrogens is 328 g/mol. The number of nitrogens with one attached hydrogen (secondary N) is 2. The Balaban J connectivity index is 1.44. The van der Waals surface area contributed by atoms with Crippen LogP contribution in [0.2, 0.25) is 0 Å². The molecule has 128 valence electrons. The van der Waals surface area contributed by atoms with Gasteiger partial charge in [-0.3, -0.25) is 14.3 Å². The summed E-state index contributed by atoms with van der Waals surface area (Å²) < 4.78 is 1.70. The van der Waals surface area contributed by atoms with E-state index in [-0.39, 0.29) is 11.8 Å². The number of hydrogen-bond donors (Lipinski definition) is 2. The summed E-state index contributed by atoms with van der Waals surface area (Å²) in [5.74, 6) is 0.829. The van der Waals surface area contributed by atoms with Crippen LogP contribution in [0, 0.1) is 0 Å². The van der Waals surface area contributed by atoms with Crippen LogP contribution in [0.25, 0.3) is 0 Å². The second-order valence-corrected chi connectivity index (χ2v) is 6.45. The molecule has 0 aliphatic carbocycles. The van der Waals surface area contributed by atoms with Crippen molar-refractivity contribution in [3.63, 3.8) is 0 Å². The predicted octanol–water partition coefficient (Wildman–Crippen LogP) is 1.36. The molecule has 8 nitrogen and oxygen atoms in total. The van der Waals surface area contributed by atoms with Crippen LogP contribution in [0.15, 0.2) is 17.6 Å². The molecule has 0 saturated carbocycles. The van der Waals surface area contributed by atoms with E-state index in [1.54, 1.807) is 16.3 Å². The first kappa shape index (κ1) is 16.4. The van der Waals surface area contributed by atoms with Crippen molar-refractivity contribution in [1.29, 1.82) is 0 Å². The quantitative estimate of drug-likeness (QED) is 0.737. The number of carbonyl (C=O) groups excluding carboxylic acids is 2. The van der Waals surface area contributed by atoms with E-state index in [0.29, 0.717) is 30.3 Å². The summed E-state index contributed by atoms with van der Waals surface area (Å²) in [6.07, 6.45) is 4.03. The number of hydrogen-bond acceptors (Lipinski definition) is 6. The van der Waals surface area contributed by atoms with Gasteiger partial charge in [0, 0.05) is 44.5 Å². The molecule has 1 aliphatic rings. The molecule has 0 unspecified atom stereocenters. The lowest BCUT2D eigenvalue weighted by Crippen LogP contribution is -2.30. The van der Waals surface area contributed by atoms with Crippen molar-refractivity contribution in [2.75, 3.05) is 25.0 Å². The molecule has 3 rings (SSSR count). The third kappa shape index (κ3) is 3.91. The van der Waals surface area contributed by atoms with E-state index in [4.69, 9.17) is 0 Å². The van der Waals surface area contributed by atoms with E-state index in [1.165, 1.54) is 11.3 Å². The highest BCUT2D eigenvalue weighted by Gasteiger charge is 2.19. The Morgan fingerprint density at radius 2 is 2.33 bits per heavy atom. The number of thiazole rings is 1. The number of aryl methyl sites for hydroxylation is 1. The maximum Gasteiger partial charge on any atom is 0.270 e. The van der Waals surface area contributed by atoms with Gasteiger partial charge < -0.3 is 15.5 Å². The first-order chi connectivity index (χ1) is 11.6. The SMILES string of the molecule is Cn1nccc1Nc1nc(C(=O)NCCCN2CCCC2=O)cs1. The molecule has 1 aliphatic heterocycles. The van der Waals surface area contributed by atoms with Crippen LogP contribution in [-0.2, 0) is 11.8 Å². The Kier molecular flexibility index (Phi) is 5.09. The highest BCUT2D eigenvalue weighted by Crippen LogP contribution is 2.20. The lowest BCUT2D eigenvalue weighted by atomic mass is 10.3. The Hall–Kier alpha value is -2.42. The Labute approximate surface area is 143 Å². The first-order valence-electron chi connectivity index (χ1n) is 7.90. The molecule has 0 bridgehead atoms. The number of anilines is 2. The van der Waals surface area contributed by atoms with Gasteiger partial charge in [-0.05, 0) is 12.8 Å². The van der Waals surface area contributed by atoms with Crippen LogP contribution in [0.4, 0.5) is 10.9 Å². The Morgan fingerprint density at radius 1 is 1.46 bits per heavy atom. The van der Waals surface area contributed by atoms with Gasteiger partial charge in [-0.2, -0.15) is 5.10 Å². The molecule has 0 aromatic carbocycles. The molecule has 24 heavy (non-hydrogen) atoms. The molecule has 2 aromatic rings. The summed E-state index contributed by atoms with van der Waals surface area (Å²) >= 11 is 1.37. The van der Waals surface area contributed by atoms with Crippen LogP contribution < -0.4 is 10.6 Å². The summed E-state index contributed by atoms with van der Waals surface area (Å²) in [6, 6.07) is 1.83. The molecular formula is C15H20N6O2S. The maximum atomic E-state index is 12.1. The highest BCUT2D eigenvalue weighted by atomic mass is 32.1. The average molecular weight is 348 g/mol. The van der Waals surface area contributed by atoms with E-state index in [9.17, 15) is 9.59 Å². The van der Waals surface area contributed by atoms with Crippen molar-refractivity contribution in [1.82, 2.24) is 25.0 Å². The van der Waals surface area contributed by atoms with Crippen LogP contribution in [0.3, 0.4) is 0 Å². The number of rotatable bonds is 7. The third-order valence-corrected chi connectivity index (χ3v) is 4.61. The summed E-state index contributed by atoms with van der Waals surface area (Å²) in [7, 11) is 1.83. The second-order valence-electron chi connectivity index (χ2n) is 5.60. The van der Waals surface area contributed by atoms with Crippen molar-refractivity contribution in [2.45, 2.75) is 19.3 Å². The van der Waals surface area contributed by atoms with E-state index in [1.807, 2.05) is 18.0 Å². The average Bonchev–Trinajstić information content (AvgIpc) is 3.28. The van der Waals surface area contributed by atoms with Gasteiger partial charge in [-0.1, -0.05) is 0 Å². The minimum absolute atomic E-state index is 0.197. The maximum absolute atomic E-state index is 12.1. The first-order valence-corrected chi connectivity index (χ1v) is 8.78. The third-order valence-electron chi connectivity index (χ3n) is 3.85. The van der Waals surface area contributed by atoms with Crippen LogP contribution in [0.1, 0.15) is 29.8 Å². The zero-order valence-electron chi connectivity index (χ0n) is 13.5. The van der Waals surface area contributed by atoms with Gasteiger partial charge >= 0.3 is 0 Å². The second kappa shape index (κ2) is 7.43. The Morgan fingerprint density at radius 3 is 3.04 bits per heavy atom. The lowest BCUT2D eigenvalue weighted by Gasteiger charge is -2.14. The zero-order valence-corrected chi connectivity index (χ0v) is 14.3. The summed E-state index contributed by atoms with van der Waals surface area (Å²) in [5, 5.41) is 12.4. The standard InChI is InChI=1S/C15H20N6O2S/c1-20-12(5-7-17-20)19-15-18-11(10-24-15)14(23)16-6-3-9-21-8-2-4-13(21)22/h5,7,10H,2-4,6,8-9H2,1H3,(H,16,23)(H,18,19). The van der Waals surface area contributed by atoms with Crippen molar-refractivity contribution < 1.29 is 9.59 Å². The number of nitrogens with zero attached hydrogens (tertiary/aromatic N) is 4. The molecule has 2 N–H and O–H groups in total. The summed E-state index contributed by atoms with van der Waals surface area (Å²) in [4.78, 5) is 29.7. The highest BCUT2D eigenvalue weighted by molar-refractivity contribution is 7.14. The molecule has 1 saturated heterocycles. The van der Waals surface area contributed by atoms with E-state index in [0.717, 1.165) is 25.2 Å². The molecule has 0 atom stereocenters. The van der Waals surface area contributed by atoms with Crippen LogP contribution in [0.5, 0.6) is 0 Å². The predicted molar refractivity (Wildman–Crippen MR) is 91.4 cm³/mol. The minimum atomic E-state index is -0.197. The fraction of sp³-hybridized carbons (Fsp3) is 0.467. The number of likely N-dealkylation sites (tertiary alicyclic amines) is 1. The number of carbonyl (C=O) groups is 2. The fourth-order valence-corrected chi connectivity index (χ4v) is 3.24. The largest absolute Gasteiger partial charge is 0.351 e. The van der Waals surface area contributed by atoms with Gasteiger partial charge in [0.25, 0.3) is 5.91 Å². The summed E-state index contributed by atoms with van der Waals surface area (Å²) in [6.45, 7) is 2.07. The van der Waals surface area contributed by atoms with E-state index < -0.39 is 0 Å². The molecule has 2 amide bonds. The smallest absolute Gasteiger partial charge is 0.270 e. The van der Waals surface area contributed by atoms with Crippen molar-refractivity contribution in [2.24, 2.45) is 7.05 Å². The topological polar surface area (TPSA) is 92.2 Å². The van der Waals surface area contributed by atoms with Crippen molar-refractivity contribution in [3.05, 3.63) is 23.3 Å². The molecule has 1 fully saturated rings. The zero-order chi connectivity index (χ0) is 16.9. The van der Waals surface area contributed by atoms with Gasteiger partial charge in [0.2, 0.25) is 5.91 Å². The number of aromatic nitrogens is 3. The van der Waals surface area contributed by atoms with Crippen molar-refractivity contribution in [3.8, 4) is 0 Å². The molecule has 9 heteroatoms. The molecule has 0 radical (unpaired) electrons. The van der Waals surface area contributed by atoms with Gasteiger partial charge in [-0.15, -0.1) is 11.3 Å². The van der Waals surface area contributed by atoms with Crippen molar-refractivity contribution >= 4 is 34.1 Å². The molecule has 2 aromatic heterocycles. The van der Waals surface area contributed by atoms with E-state index >= 15 is 0 Å². The normalized spacial score (nSPS) is 14.2. The fourth-order valence-electron chi connectivity index (χ4n) is 2.54. The monoisotopic (exact) mass is 348 g/mol.